The van der Waals surface area contributed by atoms with Gasteiger partial charge in [-0.15, -0.1) is 0 Å². The first-order chi connectivity index (χ1) is 15.8. The van der Waals surface area contributed by atoms with Crippen LogP contribution in [0.3, 0.4) is 0 Å². The van der Waals surface area contributed by atoms with Crippen molar-refractivity contribution in [3.8, 4) is 5.75 Å². The van der Waals surface area contributed by atoms with Gasteiger partial charge in [0.05, 0.1) is 24.6 Å². The van der Waals surface area contributed by atoms with E-state index in [-0.39, 0.29) is 16.7 Å². The lowest BCUT2D eigenvalue weighted by molar-refractivity contribution is 0.0673. The molecule has 10 heteroatoms. The molecule has 1 amide bonds. The molecule has 9 nitrogen and oxygen atoms in total. The van der Waals surface area contributed by atoms with Crippen molar-refractivity contribution in [1.29, 1.82) is 0 Å². The molecule has 2 aromatic heterocycles. The summed E-state index contributed by atoms with van der Waals surface area (Å²) in [5.74, 6) is 1.21. The van der Waals surface area contributed by atoms with Gasteiger partial charge in [-0.3, -0.25) is 9.89 Å². The number of nitrogens with zero attached hydrogens (tertiary/aromatic N) is 3. The number of piperidine rings is 1. The first-order valence-electron chi connectivity index (χ1n) is 10.7. The summed E-state index contributed by atoms with van der Waals surface area (Å²) in [7, 11) is -1.75. The topological polar surface area (TPSA) is 117 Å². The fourth-order valence-corrected chi connectivity index (χ4v) is 4.98. The predicted molar refractivity (Wildman–Crippen MR) is 125 cm³/mol. The lowest BCUT2D eigenvalue weighted by atomic mass is 9.93. The van der Waals surface area contributed by atoms with Crippen molar-refractivity contribution in [3.63, 3.8) is 0 Å². The van der Waals surface area contributed by atoms with Gasteiger partial charge < -0.3 is 15.0 Å². The number of ether oxygens (including phenoxy) is 1. The number of rotatable bonds is 7. The number of methoxy groups -OCH3 is 1. The molecule has 0 radical (unpaired) electrons. The normalized spacial score (nSPS) is 16.4. The van der Waals surface area contributed by atoms with Gasteiger partial charge in [0, 0.05) is 37.3 Å². The molecule has 0 unspecified atom stereocenters. The maximum atomic E-state index is 13.4. The fourth-order valence-electron chi connectivity index (χ4n) is 4.16. The van der Waals surface area contributed by atoms with Gasteiger partial charge in [-0.25, -0.2) is 13.4 Å². The van der Waals surface area contributed by atoms with Crippen LogP contribution >= 0.6 is 0 Å². The van der Waals surface area contributed by atoms with Gasteiger partial charge in [-0.1, -0.05) is 6.07 Å². The van der Waals surface area contributed by atoms with Gasteiger partial charge in [-0.2, -0.15) is 5.10 Å². The second kappa shape index (κ2) is 9.62. The van der Waals surface area contributed by atoms with E-state index < -0.39 is 9.84 Å². The number of aromatic amines is 1. The number of likely N-dealkylation sites (tertiary alicyclic amines) is 1. The largest absolute Gasteiger partial charge is 0.497 e. The van der Waals surface area contributed by atoms with Crippen LogP contribution in [0.1, 0.15) is 28.9 Å². The highest BCUT2D eigenvalue weighted by Gasteiger charge is 2.28. The van der Waals surface area contributed by atoms with Crippen molar-refractivity contribution in [3.05, 3.63) is 60.0 Å². The standard InChI is InChI=1S/C23H27N5O4S/c1-32-18-8-3-7-17(13-18)26-22-19(9-4-10-24-22)23(29)28-11-5-6-16(15-28)12-20-21(14-25-27-20)33(2,30)31/h3-4,7-10,13-14,16H,5-6,11-12,15H2,1-2H3,(H,24,26)(H,25,27)/t16-/m0/s1. The molecular weight excluding hydrogens is 442 g/mol. The molecule has 3 heterocycles. The summed E-state index contributed by atoms with van der Waals surface area (Å²) >= 11 is 0. The molecule has 0 spiro atoms. The van der Waals surface area contributed by atoms with E-state index in [1.54, 1.807) is 25.4 Å². The van der Waals surface area contributed by atoms with Crippen molar-refractivity contribution in [2.75, 3.05) is 31.8 Å². The van der Waals surface area contributed by atoms with Crippen LogP contribution in [-0.4, -0.2) is 60.9 Å². The number of sulfone groups is 1. The number of carbonyl (C=O) groups excluding carboxylic acids is 1. The van der Waals surface area contributed by atoms with Crippen LogP contribution in [-0.2, 0) is 16.3 Å². The molecule has 1 fully saturated rings. The molecule has 0 aliphatic carbocycles. The number of amides is 1. The van der Waals surface area contributed by atoms with E-state index in [9.17, 15) is 13.2 Å². The lowest BCUT2D eigenvalue weighted by Gasteiger charge is -2.33. The summed E-state index contributed by atoms with van der Waals surface area (Å²) in [6.45, 7) is 1.18. The zero-order chi connectivity index (χ0) is 23.4. The Kier molecular flexibility index (Phi) is 6.64. The summed E-state index contributed by atoms with van der Waals surface area (Å²) in [5.41, 5.74) is 1.85. The Bertz CT molecular complexity index is 1240. The van der Waals surface area contributed by atoms with Crippen LogP contribution in [0.2, 0.25) is 0 Å². The average molecular weight is 470 g/mol. The zero-order valence-electron chi connectivity index (χ0n) is 18.6. The van der Waals surface area contributed by atoms with Crippen LogP contribution in [0.4, 0.5) is 11.5 Å². The lowest BCUT2D eigenvalue weighted by Crippen LogP contribution is -2.41. The van der Waals surface area contributed by atoms with Gasteiger partial charge in [0.2, 0.25) is 0 Å². The van der Waals surface area contributed by atoms with Gasteiger partial charge in [0.25, 0.3) is 5.91 Å². The zero-order valence-corrected chi connectivity index (χ0v) is 19.4. The number of carbonyl (C=O) groups is 1. The number of anilines is 2. The Morgan fingerprint density at radius 2 is 2.15 bits per heavy atom. The Morgan fingerprint density at radius 3 is 2.94 bits per heavy atom. The fraction of sp³-hybridized carbons (Fsp3) is 0.348. The van der Waals surface area contributed by atoms with Crippen LogP contribution in [0.25, 0.3) is 0 Å². The first-order valence-corrected chi connectivity index (χ1v) is 12.6. The minimum atomic E-state index is -3.35. The number of aromatic nitrogens is 3. The SMILES string of the molecule is COc1cccc(Nc2ncccc2C(=O)N2CCC[C@@H](Cc3[nH]ncc3S(C)(=O)=O)C2)c1. The Hall–Kier alpha value is -3.40. The van der Waals surface area contributed by atoms with Crippen molar-refractivity contribution < 1.29 is 17.9 Å². The molecule has 1 aromatic carbocycles. The van der Waals surface area contributed by atoms with Crippen LogP contribution in [0, 0.1) is 5.92 Å². The molecular formula is C23H27N5O4S. The molecule has 33 heavy (non-hydrogen) atoms. The molecule has 0 saturated carbocycles. The van der Waals surface area contributed by atoms with Crippen LogP contribution in [0.5, 0.6) is 5.75 Å². The highest BCUT2D eigenvalue weighted by molar-refractivity contribution is 7.90. The van der Waals surface area contributed by atoms with Gasteiger partial charge >= 0.3 is 0 Å². The Morgan fingerprint density at radius 1 is 1.30 bits per heavy atom. The minimum absolute atomic E-state index is 0.105. The van der Waals surface area contributed by atoms with Crippen molar-refractivity contribution in [2.24, 2.45) is 5.92 Å². The van der Waals surface area contributed by atoms with E-state index in [1.165, 1.54) is 12.5 Å². The molecule has 1 atom stereocenters. The molecule has 4 rings (SSSR count). The van der Waals surface area contributed by atoms with E-state index in [1.807, 2.05) is 29.2 Å². The number of benzene rings is 1. The molecule has 1 aliphatic rings. The second-order valence-corrected chi connectivity index (χ2v) is 10.2. The number of hydrogen-bond donors (Lipinski definition) is 2. The second-order valence-electron chi connectivity index (χ2n) is 8.21. The number of H-pyrrole nitrogens is 1. The molecule has 1 saturated heterocycles. The Balaban J connectivity index is 1.50. The van der Waals surface area contributed by atoms with Crippen LogP contribution < -0.4 is 10.1 Å². The third-order valence-corrected chi connectivity index (χ3v) is 6.90. The quantitative estimate of drug-likeness (QED) is 0.546. The molecule has 0 bridgehead atoms. The van der Waals surface area contributed by atoms with Gasteiger partial charge in [0.15, 0.2) is 9.84 Å². The van der Waals surface area contributed by atoms with Gasteiger partial charge in [-0.05, 0) is 49.4 Å². The van der Waals surface area contributed by atoms with E-state index >= 15 is 0 Å². The number of pyridine rings is 1. The molecule has 3 aromatic rings. The third kappa shape index (κ3) is 5.33. The van der Waals surface area contributed by atoms with Crippen molar-refractivity contribution in [1.82, 2.24) is 20.1 Å². The smallest absolute Gasteiger partial charge is 0.257 e. The maximum absolute atomic E-state index is 13.4. The highest BCUT2D eigenvalue weighted by atomic mass is 32.2. The van der Waals surface area contributed by atoms with E-state index in [0.29, 0.717) is 42.3 Å². The first kappa shape index (κ1) is 22.8. The van der Waals surface area contributed by atoms with E-state index in [0.717, 1.165) is 18.5 Å². The minimum Gasteiger partial charge on any atom is -0.497 e. The number of nitrogens with one attached hydrogen (secondary N) is 2. The van der Waals surface area contributed by atoms with Crippen molar-refractivity contribution in [2.45, 2.75) is 24.2 Å². The summed E-state index contributed by atoms with van der Waals surface area (Å²) in [4.78, 5) is 19.8. The number of hydrogen-bond acceptors (Lipinski definition) is 7. The molecule has 2 N–H and O–H groups in total. The third-order valence-electron chi connectivity index (χ3n) is 5.75. The summed E-state index contributed by atoms with van der Waals surface area (Å²) in [5, 5.41) is 9.95. The summed E-state index contributed by atoms with van der Waals surface area (Å²) in [6, 6.07) is 10.9. The summed E-state index contributed by atoms with van der Waals surface area (Å²) < 4.78 is 29.3. The van der Waals surface area contributed by atoms with Crippen molar-refractivity contribution >= 4 is 27.2 Å². The van der Waals surface area contributed by atoms with Crippen LogP contribution in [0.15, 0.2) is 53.7 Å². The summed E-state index contributed by atoms with van der Waals surface area (Å²) in [6.07, 6.45) is 6.45. The Labute approximate surface area is 193 Å². The molecule has 1 aliphatic heterocycles. The average Bonchev–Trinajstić information content (AvgIpc) is 3.28. The highest BCUT2D eigenvalue weighted by Crippen LogP contribution is 2.27. The monoisotopic (exact) mass is 469 g/mol. The van der Waals surface area contributed by atoms with Gasteiger partial charge in [0.1, 0.15) is 16.5 Å². The predicted octanol–water partition coefficient (Wildman–Crippen LogP) is 3.06. The van der Waals surface area contributed by atoms with E-state index in [2.05, 4.69) is 20.5 Å². The molecule has 174 valence electrons. The van der Waals surface area contributed by atoms with E-state index in [4.69, 9.17) is 4.74 Å². The maximum Gasteiger partial charge on any atom is 0.257 e.